The summed E-state index contributed by atoms with van der Waals surface area (Å²) in [7, 11) is 0. The number of unbranched alkanes of at least 4 members (excludes halogenated alkanes) is 2. The molecule has 0 nitrogen and oxygen atoms in total. The predicted octanol–water partition coefficient (Wildman–Crippen LogP) is 9.47. The van der Waals surface area contributed by atoms with E-state index in [2.05, 4.69) is 75.5 Å². The Morgan fingerprint density at radius 3 is 1.42 bits per heavy atom. The molecule has 0 aliphatic rings. The summed E-state index contributed by atoms with van der Waals surface area (Å²) in [6.07, 6.45) is 7.98. The Hall–Kier alpha value is -0.520. The van der Waals surface area contributed by atoms with Crippen molar-refractivity contribution in [3.63, 3.8) is 0 Å². The molecular formula is C24H52. The molecule has 0 spiro atoms. The molecule has 0 aromatic rings. The van der Waals surface area contributed by atoms with Crippen LogP contribution >= 0.6 is 0 Å². The van der Waals surface area contributed by atoms with Gasteiger partial charge >= 0.3 is 0 Å². The smallest absolute Gasteiger partial charge is 0.0227 e. The van der Waals surface area contributed by atoms with Crippen LogP contribution in [0.4, 0.5) is 0 Å². The van der Waals surface area contributed by atoms with Gasteiger partial charge < -0.3 is 0 Å². The minimum absolute atomic E-state index is 0.713. The van der Waals surface area contributed by atoms with Crippen LogP contribution in [0, 0.1) is 17.8 Å². The molecule has 0 rings (SSSR count). The summed E-state index contributed by atoms with van der Waals surface area (Å²) in [6.45, 7) is 30.7. The first kappa shape index (κ1) is 31.3. The van der Waals surface area contributed by atoms with Gasteiger partial charge in [0.1, 0.15) is 0 Å². The molecule has 0 aliphatic heterocycles. The highest BCUT2D eigenvalue weighted by Crippen LogP contribution is 2.29. The van der Waals surface area contributed by atoms with Gasteiger partial charge in [-0.3, -0.25) is 0 Å². The van der Waals surface area contributed by atoms with Crippen LogP contribution in [0.2, 0.25) is 0 Å². The van der Waals surface area contributed by atoms with Crippen LogP contribution in [0.15, 0.2) is 24.3 Å². The third kappa shape index (κ3) is 21.5. The van der Waals surface area contributed by atoms with E-state index in [4.69, 9.17) is 0 Å². The fraction of sp³-hybridized carbons (Fsp3) is 0.833. The van der Waals surface area contributed by atoms with Crippen molar-refractivity contribution in [2.75, 3.05) is 0 Å². The molecule has 0 N–H and O–H groups in total. The second-order valence-corrected chi connectivity index (χ2v) is 7.03. The summed E-state index contributed by atoms with van der Waals surface area (Å²) in [5.74, 6) is 2.27. The average Bonchev–Trinajstić information content (AvgIpc) is 2.52. The quantitative estimate of drug-likeness (QED) is 0.386. The van der Waals surface area contributed by atoms with Gasteiger partial charge in [0, 0.05) is 0 Å². The van der Waals surface area contributed by atoms with Gasteiger partial charge in [-0.1, -0.05) is 106 Å². The highest BCUT2D eigenvalue weighted by molar-refractivity contribution is 5.17. The van der Waals surface area contributed by atoms with Crippen molar-refractivity contribution in [1.29, 1.82) is 0 Å². The Balaban J connectivity index is -0.000000186. The third-order valence-corrected chi connectivity index (χ3v) is 3.79. The van der Waals surface area contributed by atoms with E-state index in [1.54, 1.807) is 11.1 Å². The minimum Gasteiger partial charge on any atom is -0.106 e. The van der Waals surface area contributed by atoms with Gasteiger partial charge in [-0.25, -0.2) is 0 Å². The highest BCUT2D eigenvalue weighted by atomic mass is 14.2. The molecule has 0 aromatic carbocycles. The second-order valence-electron chi connectivity index (χ2n) is 7.03. The van der Waals surface area contributed by atoms with Crippen LogP contribution in [-0.4, -0.2) is 0 Å². The number of rotatable bonds is 8. The van der Waals surface area contributed by atoms with Gasteiger partial charge in [0.15, 0.2) is 0 Å². The summed E-state index contributed by atoms with van der Waals surface area (Å²) < 4.78 is 0. The van der Waals surface area contributed by atoms with Gasteiger partial charge in [0.2, 0.25) is 0 Å². The summed E-state index contributed by atoms with van der Waals surface area (Å²) in [6, 6.07) is 0. The van der Waals surface area contributed by atoms with Crippen molar-refractivity contribution >= 4 is 0 Å². The fourth-order valence-electron chi connectivity index (χ4n) is 3.15. The molecule has 0 saturated carbocycles. The topological polar surface area (TPSA) is 0 Å². The van der Waals surface area contributed by atoms with E-state index in [9.17, 15) is 0 Å². The Labute approximate surface area is 157 Å². The van der Waals surface area contributed by atoms with Gasteiger partial charge in [0.25, 0.3) is 0 Å². The van der Waals surface area contributed by atoms with Gasteiger partial charge in [0.05, 0.1) is 0 Å². The molecule has 0 heterocycles. The summed E-state index contributed by atoms with van der Waals surface area (Å²) in [5, 5.41) is 0. The lowest BCUT2D eigenvalue weighted by Gasteiger charge is -2.23. The largest absolute Gasteiger partial charge is 0.106 e. The van der Waals surface area contributed by atoms with Crippen molar-refractivity contribution in [1.82, 2.24) is 0 Å². The molecule has 24 heavy (non-hydrogen) atoms. The average molecular weight is 341 g/mol. The van der Waals surface area contributed by atoms with Crippen molar-refractivity contribution in [2.45, 2.75) is 115 Å². The number of allylic oxidation sites excluding steroid dienone is 2. The summed E-state index contributed by atoms with van der Waals surface area (Å²) in [4.78, 5) is 0. The van der Waals surface area contributed by atoms with Gasteiger partial charge in [-0.15, -0.1) is 13.2 Å². The first-order valence-corrected chi connectivity index (χ1v) is 10.5. The molecule has 0 radical (unpaired) electrons. The van der Waals surface area contributed by atoms with Crippen molar-refractivity contribution in [2.24, 2.45) is 17.8 Å². The van der Waals surface area contributed by atoms with E-state index < -0.39 is 0 Å². The van der Waals surface area contributed by atoms with Gasteiger partial charge in [-0.05, 0) is 37.5 Å². The lowest BCUT2D eigenvalue weighted by molar-refractivity contribution is 0.517. The molecule has 1 atom stereocenters. The second kappa shape index (κ2) is 24.7. The normalized spacial score (nSPS) is 12.0. The van der Waals surface area contributed by atoms with Gasteiger partial charge in [-0.2, -0.15) is 0 Å². The Morgan fingerprint density at radius 2 is 1.21 bits per heavy atom. The molecule has 0 aliphatic carbocycles. The first-order chi connectivity index (χ1) is 11.3. The number of hydrogen-bond donors (Lipinski definition) is 0. The lowest BCUT2D eigenvalue weighted by Crippen LogP contribution is -2.09. The zero-order valence-electron chi connectivity index (χ0n) is 19.4. The minimum atomic E-state index is 0.713. The molecular weight excluding hydrogens is 288 g/mol. The summed E-state index contributed by atoms with van der Waals surface area (Å²) in [5.41, 5.74) is 3.35. The molecule has 0 heteroatoms. The molecule has 0 bridgehead atoms. The third-order valence-electron chi connectivity index (χ3n) is 3.79. The first-order valence-electron chi connectivity index (χ1n) is 10.5. The van der Waals surface area contributed by atoms with E-state index in [0.29, 0.717) is 5.92 Å². The van der Waals surface area contributed by atoms with Crippen LogP contribution in [-0.2, 0) is 0 Å². The molecule has 148 valence electrons. The molecule has 0 amide bonds. The van der Waals surface area contributed by atoms with Crippen LogP contribution in [0.3, 0.4) is 0 Å². The molecule has 0 fully saturated rings. The van der Waals surface area contributed by atoms with E-state index in [0.717, 1.165) is 11.8 Å². The Morgan fingerprint density at radius 1 is 0.792 bits per heavy atom. The van der Waals surface area contributed by atoms with Crippen LogP contribution in [0.25, 0.3) is 0 Å². The SMILES string of the molecule is C=C.CC.CCCC(C)/C(=C(\C)CC(C)C)C(C)C.CCCCC. The van der Waals surface area contributed by atoms with E-state index in [1.807, 2.05) is 13.8 Å². The lowest BCUT2D eigenvalue weighted by atomic mass is 9.83. The Bertz CT molecular complexity index is 243. The standard InChI is InChI=1S/C15H30.C5H12.C2H6.C2H4/c1-8-9-13(6)15(12(4)5)14(7)10-11(2)3;1-3-5-4-2;2*1-2/h11-13H,8-10H2,1-7H3;3-5H2,1-2H3;1-2H3;1-2H2/b15-14+;;;. The van der Waals surface area contributed by atoms with Crippen molar-refractivity contribution in [3.8, 4) is 0 Å². The van der Waals surface area contributed by atoms with Crippen LogP contribution in [0.1, 0.15) is 115 Å². The van der Waals surface area contributed by atoms with Crippen molar-refractivity contribution < 1.29 is 0 Å². The van der Waals surface area contributed by atoms with Crippen molar-refractivity contribution in [3.05, 3.63) is 24.3 Å². The predicted molar refractivity (Wildman–Crippen MR) is 119 cm³/mol. The van der Waals surface area contributed by atoms with E-state index >= 15 is 0 Å². The van der Waals surface area contributed by atoms with Crippen LogP contribution in [0.5, 0.6) is 0 Å². The zero-order valence-corrected chi connectivity index (χ0v) is 19.4. The monoisotopic (exact) mass is 340 g/mol. The Kier molecular flexibility index (Phi) is 32.2. The number of hydrogen-bond acceptors (Lipinski definition) is 0. The van der Waals surface area contributed by atoms with E-state index in [1.165, 1.54) is 38.5 Å². The maximum atomic E-state index is 3.00. The maximum absolute atomic E-state index is 3.00. The molecule has 0 aromatic heterocycles. The molecule has 1 unspecified atom stereocenters. The van der Waals surface area contributed by atoms with E-state index in [-0.39, 0.29) is 0 Å². The summed E-state index contributed by atoms with van der Waals surface area (Å²) >= 11 is 0. The van der Waals surface area contributed by atoms with Crippen LogP contribution < -0.4 is 0 Å². The highest BCUT2D eigenvalue weighted by Gasteiger charge is 2.15. The zero-order chi connectivity index (χ0) is 20.1. The fourth-order valence-corrected chi connectivity index (χ4v) is 3.15. The maximum Gasteiger partial charge on any atom is -0.0227 e. The molecule has 0 saturated heterocycles.